The number of rotatable bonds is 3. The number of nitrogen functional groups attached to an aromatic ring is 1. The van der Waals surface area contributed by atoms with Gasteiger partial charge in [-0.1, -0.05) is 13.3 Å². The number of halogens is 1. The molecule has 0 radical (unpaired) electrons. The molecule has 0 bridgehead atoms. The molecular weight excluding hydrogens is 340 g/mol. The zero-order valence-electron chi connectivity index (χ0n) is 11.9. The predicted octanol–water partition coefficient (Wildman–Crippen LogP) is 3.15. The van der Waals surface area contributed by atoms with Crippen molar-refractivity contribution in [2.75, 3.05) is 18.8 Å². The molecule has 1 aromatic carbocycles. The van der Waals surface area contributed by atoms with Crippen molar-refractivity contribution in [2.45, 2.75) is 38.0 Å². The zero-order valence-corrected chi connectivity index (χ0v) is 14.3. The third-order valence-electron chi connectivity index (χ3n) is 3.97. The lowest BCUT2D eigenvalue weighted by molar-refractivity contribution is 0.261. The van der Waals surface area contributed by atoms with Crippen LogP contribution in [-0.2, 0) is 10.0 Å². The standard InChI is InChI=1S/C14H21BrN2O2S/c1-3-11-5-4-6-17(9-11)20(18,19)14-8-13(16)12(15)7-10(14)2/h7-8,11H,3-6,9,16H2,1-2H3. The molecule has 0 aliphatic carbocycles. The molecule has 6 heteroatoms. The van der Waals surface area contributed by atoms with E-state index >= 15 is 0 Å². The SMILES string of the molecule is CCC1CCCN(S(=O)(=O)c2cc(N)c(Br)cc2C)C1. The van der Waals surface area contributed by atoms with Gasteiger partial charge in [-0.3, -0.25) is 0 Å². The highest BCUT2D eigenvalue weighted by Gasteiger charge is 2.30. The molecule has 1 atom stereocenters. The molecule has 0 aromatic heterocycles. The van der Waals surface area contributed by atoms with Crippen molar-refractivity contribution >= 4 is 31.6 Å². The summed E-state index contributed by atoms with van der Waals surface area (Å²) in [4.78, 5) is 0.329. The van der Waals surface area contributed by atoms with E-state index in [1.807, 2.05) is 0 Å². The van der Waals surface area contributed by atoms with E-state index in [9.17, 15) is 8.42 Å². The molecule has 1 aliphatic rings. The van der Waals surface area contributed by atoms with Crippen LogP contribution in [0.1, 0.15) is 31.7 Å². The summed E-state index contributed by atoms with van der Waals surface area (Å²) in [5.74, 6) is 0.464. The second-order valence-corrected chi connectivity index (χ2v) is 8.18. The van der Waals surface area contributed by atoms with Gasteiger partial charge in [0.2, 0.25) is 10.0 Å². The Hall–Kier alpha value is -0.590. The van der Waals surface area contributed by atoms with Crippen molar-refractivity contribution in [1.82, 2.24) is 4.31 Å². The number of piperidine rings is 1. The first kappa shape index (κ1) is 15.8. The minimum Gasteiger partial charge on any atom is -0.398 e. The quantitative estimate of drug-likeness (QED) is 0.842. The van der Waals surface area contributed by atoms with Crippen molar-refractivity contribution in [3.05, 3.63) is 22.2 Å². The average molecular weight is 361 g/mol. The summed E-state index contributed by atoms with van der Waals surface area (Å²) in [6.07, 6.45) is 3.07. The van der Waals surface area contributed by atoms with Crippen LogP contribution >= 0.6 is 15.9 Å². The van der Waals surface area contributed by atoms with Gasteiger partial charge in [0.05, 0.1) is 4.90 Å². The maximum Gasteiger partial charge on any atom is 0.243 e. The first-order chi connectivity index (χ1) is 9.36. The minimum atomic E-state index is -3.44. The van der Waals surface area contributed by atoms with Gasteiger partial charge in [0.25, 0.3) is 0 Å². The molecule has 1 heterocycles. The Kier molecular flexibility index (Phi) is 4.76. The Bertz CT molecular complexity index is 601. The maximum atomic E-state index is 12.8. The lowest BCUT2D eigenvalue weighted by Crippen LogP contribution is -2.40. The molecule has 1 aromatic rings. The van der Waals surface area contributed by atoms with Crippen molar-refractivity contribution in [1.29, 1.82) is 0 Å². The molecule has 1 unspecified atom stereocenters. The van der Waals surface area contributed by atoms with Crippen molar-refractivity contribution < 1.29 is 8.42 Å². The van der Waals surface area contributed by atoms with Crippen LogP contribution in [0, 0.1) is 12.8 Å². The maximum absolute atomic E-state index is 12.8. The van der Waals surface area contributed by atoms with Crippen molar-refractivity contribution in [3.8, 4) is 0 Å². The number of nitrogens with zero attached hydrogens (tertiary/aromatic N) is 1. The molecule has 20 heavy (non-hydrogen) atoms. The van der Waals surface area contributed by atoms with Gasteiger partial charge < -0.3 is 5.73 Å². The van der Waals surface area contributed by atoms with Crippen molar-refractivity contribution in [2.24, 2.45) is 5.92 Å². The average Bonchev–Trinajstić information content (AvgIpc) is 2.42. The summed E-state index contributed by atoms with van der Waals surface area (Å²) in [7, 11) is -3.44. The summed E-state index contributed by atoms with van der Waals surface area (Å²) in [6.45, 7) is 5.14. The van der Waals surface area contributed by atoms with Gasteiger partial charge in [0, 0.05) is 23.2 Å². The Labute approximate surface area is 129 Å². The van der Waals surface area contributed by atoms with E-state index in [0.29, 0.717) is 29.6 Å². The molecule has 4 nitrogen and oxygen atoms in total. The Morgan fingerprint density at radius 1 is 1.45 bits per heavy atom. The summed E-state index contributed by atoms with van der Waals surface area (Å²) < 4.78 is 27.9. The molecule has 2 rings (SSSR count). The predicted molar refractivity (Wildman–Crippen MR) is 85.1 cm³/mol. The first-order valence-electron chi connectivity index (χ1n) is 6.92. The first-order valence-corrected chi connectivity index (χ1v) is 9.15. The molecule has 1 saturated heterocycles. The smallest absolute Gasteiger partial charge is 0.243 e. The highest BCUT2D eigenvalue weighted by molar-refractivity contribution is 9.10. The molecule has 112 valence electrons. The highest BCUT2D eigenvalue weighted by atomic mass is 79.9. The monoisotopic (exact) mass is 360 g/mol. The molecule has 2 N–H and O–H groups in total. The summed E-state index contributed by atoms with van der Waals surface area (Å²) in [5, 5.41) is 0. The number of benzene rings is 1. The lowest BCUT2D eigenvalue weighted by atomic mass is 9.97. The fraction of sp³-hybridized carbons (Fsp3) is 0.571. The highest BCUT2D eigenvalue weighted by Crippen LogP contribution is 2.31. The van der Waals surface area contributed by atoms with Crippen LogP contribution < -0.4 is 5.73 Å². The van der Waals surface area contributed by atoms with E-state index in [1.165, 1.54) is 0 Å². The van der Waals surface area contributed by atoms with Gasteiger partial charge in [0.15, 0.2) is 0 Å². The zero-order chi connectivity index (χ0) is 14.9. The molecule has 0 saturated carbocycles. The van der Waals surface area contributed by atoms with E-state index in [-0.39, 0.29) is 0 Å². The topological polar surface area (TPSA) is 63.4 Å². The fourth-order valence-corrected chi connectivity index (χ4v) is 4.92. The summed E-state index contributed by atoms with van der Waals surface area (Å²) >= 11 is 3.33. The number of aryl methyl sites for hydroxylation is 1. The lowest BCUT2D eigenvalue weighted by Gasteiger charge is -2.31. The normalized spacial score (nSPS) is 21.1. The molecule has 0 spiro atoms. The number of sulfonamides is 1. The van der Waals surface area contributed by atoms with Gasteiger partial charge in [-0.2, -0.15) is 4.31 Å². The number of anilines is 1. The van der Waals surface area contributed by atoms with E-state index < -0.39 is 10.0 Å². The van der Waals surface area contributed by atoms with E-state index in [2.05, 4.69) is 22.9 Å². The molecule has 1 fully saturated rings. The fourth-order valence-electron chi connectivity index (χ4n) is 2.66. The van der Waals surface area contributed by atoms with Gasteiger partial charge in [-0.25, -0.2) is 8.42 Å². The van der Waals surface area contributed by atoms with Crippen LogP contribution in [-0.4, -0.2) is 25.8 Å². The molecule has 0 amide bonds. The second kappa shape index (κ2) is 6.03. The molecule has 1 aliphatic heterocycles. The van der Waals surface area contributed by atoms with Crippen LogP contribution in [0.3, 0.4) is 0 Å². The number of nitrogens with two attached hydrogens (primary N) is 1. The number of hydrogen-bond acceptors (Lipinski definition) is 3. The van der Waals surface area contributed by atoms with E-state index in [4.69, 9.17) is 5.73 Å². The third kappa shape index (κ3) is 3.02. The largest absolute Gasteiger partial charge is 0.398 e. The summed E-state index contributed by atoms with van der Waals surface area (Å²) in [5.41, 5.74) is 7.02. The Morgan fingerprint density at radius 3 is 2.80 bits per heavy atom. The van der Waals surface area contributed by atoms with Gasteiger partial charge in [-0.05, 0) is 59.3 Å². The Morgan fingerprint density at radius 2 is 2.15 bits per heavy atom. The van der Waals surface area contributed by atoms with E-state index in [1.54, 1.807) is 23.4 Å². The van der Waals surface area contributed by atoms with Crippen LogP contribution in [0.25, 0.3) is 0 Å². The minimum absolute atomic E-state index is 0.329. The van der Waals surface area contributed by atoms with Crippen LogP contribution in [0.5, 0.6) is 0 Å². The van der Waals surface area contributed by atoms with Gasteiger partial charge >= 0.3 is 0 Å². The van der Waals surface area contributed by atoms with Crippen LogP contribution in [0.4, 0.5) is 5.69 Å². The van der Waals surface area contributed by atoms with Gasteiger partial charge in [0.1, 0.15) is 0 Å². The molecular formula is C14H21BrN2O2S. The van der Waals surface area contributed by atoms with Gasteiger partial charge in [-0.15, -0.1) is 0 Å². The van der Waals surface area contributed by atoms with Crippen molar-refractivity contribution in [3.63, 3.8) is 0 Å². The van der Waals surface area contributed by atoms with E-state index in [0.717, 1.165) is 29.3 Å². The second-order valence-electron chi connectivity index (χ2n) is 5.42. The van der Waals surface area contributed by atoms with Crippen LogP contribution in [0.15, 0.2) is 21.5 Å². The Balaban J connectivity index is 2.37. The summed E-state index contributed by atoms with van der Waals surface area (Å²) in [6, 6.07) is 3.33. The van der Waals surface area contributed by atoms with Crippen LogP contribution in [0.2, 0.25) is 0 Å². The third-order valence-corrected chi connectivity index (χ3v) is 6.67. The number of hydrogen-bond donors (Lipinski definition) is 1.